The van der Waals surface area contributed by atoms with Crippen LogP contribution < -0.4 is 0 Å². The largest absolute Gasteiger partial charge is 0.354 e. The van der Waals surface area contributed by atoms with Crippen molar-refractivity contribution in [1.82, 2.24) is 9.88 Å². The molecule has 0 bridgehead atoms. The molecule has 3 rings (SSSR count). The third kappa shape index (κ3) is 3.01. The van der Waals surface area contributed by atoms with Crippen LogP contribution in [0.5, 0.6) is 0 Å². The smallest absolute Gasteiger partial charge is 0.179 e. The zero-order valence-electron chi connectivity index (χ0n) is 12.9. The molecule has 1 heterocycles. The fraction of sp³-hybridized carbons (Fsp3) is 0.158. The molecule has 23 heavy (non-hydrogen) atoms. The minimum absolute atomic E-state index is 0.0130. The van der Waals surface area contributed by atoms with Crippen LogP contribution in [-0.2, 0) is 0 Å². The van der Waals surface area contributed by atoms with E-state index in [1.807, 2.05) is 54.6 Å². The SMILES string of the molecule is CN(CC#N)CC(=O)c1c(-c2ccccc2)[nH]c2ccccc12. The maximum atomic E-state index is 12.8. The standard InChI is InChI=1S/C19H17N3O/c1-22(12-11-20)13-17(23)18-15-9-5-6-10-16(15)21-19(18)14-7-3-2-4-8-14/h2-10,21H,12-13H2,1H3. The summed E-state index contributed by atoms with van der Waals surface area (Å²) in [5, 5.41) is 9.69. The Morgan fingerprint density at radius 1 is 1.13 bits per heavy atom. The molecule has 0 aliphatic heterocycles. The number of rotatable bonds is 5. The molecule has 0 atom stereocenters. The lowest BCUT2D eigenvalue weighted by atomic mass is 10.0. The number of aromatic nitrogens is 1. The number of ketones is 1. The van der Waals surface area contributed by atoms with E-state index in [1.54, 1.807) is 11.9 Å². The number of nitriles is 1. The van der Waals surface area contributed by atoms with Crippen molar-refractivity contribution in [3.8, 4) is 17.3 Å². The Morgan fingerprint density at radius 2 is 1.83 bits per heavy atom. The van der Waals surface area contributed by atoms with Crippen LogP contribution in [-0.4, -0.2) is 35.8 Å². The van der Waals surface area contributed by atoms with Gasteiger partial charge < -0.3 is 4.98 Å². The molecule has 0 fully saturated rings. The number of para-hydroxylation sites is 1. The Morgan fingerprint density at radius 3 is 2.57 bits per heavy atom. The van der Waals surface area contributed by atoms with Crippen LogP contribution in [0.2, 0.25) is 0 Å². The Balaban J connectivity index is 2.10. The Kier molecular flexibility index (Phi) is 4.22. The number of nitrogens with one attached hydrogen (secondary N) is 1. The molecule has 4 heteroatoms. The molecule has 1 aromatic heterocycles. The molecule has 0 aliphatic rings. The summed E-state index contributed by atoms with van der Waals surface area (Å²) in [5.74, 6) is 0.0130. The number of Topliss-reactive ketones (excluding diaryl/α,β-unsaturated/α-hetero) is 1. The average Bonchev–Trinajstić information content (AvgIpc) is 2.95. The molecular formula is C19H17N3O. The molecule has 0 spiro atoms. The van der Waals surface area contributed by atoms with Gasteiger partial charge in [0.25, 0.3) is 0 Å². The predicted molar refractivity (Wildman–Crippen MR) is 91.2 cm³/mol. The van der Waals surface area contributed by atoms with E-state index in [2.05, 4.69) is 11.1 Å². The molecule has 0 unspecified atom stereocenters. The third-order valence-electron chi connectivity index (χ3n) is 3.80. The van der Waals surface area contributed by atoms with Crippen molar-refractivity contribution in [3.05, 3.63) is 60.2 Å². The summed E-state index contributed by atoms with van der Waals surface area (Å²) < 4.78 is 0. The summed E-state index contributed by atoms with van der Waals surface area (Å²) in [6, 6.07) is 19.7. The first-order chi connectivity index (χ1) is 11.2. The zero-order valence-corrected chi connectivity index (χ0v) is 12.9. The number of carbonyl (C=O) groups excluding carboxylic acids is 1. The number of aromatic amines is 1. The number of nitrogens with zero attached hydrogens (tertiary/aromatic N) is 2. The number of fused-ring (bicyclic) bond motifs is 1. The molecule has 2 aromatic carbocycles. The van der Waals surface area contributed by atoms with E-state index in [-0.39, 0.29) is 18.9 Å². The highest BCUT2D eigenvalue weighted by Crippen LogP contribution is 2.30. The number of carbonyl (C=O) groups is 1. The van der Waals surface area contributed by atoms with E-state index in [9.17, 15) is 4.79 Å². The van der Waals surface area contributed by atoms with Gasteiger partial charge in [0, 0.05) is 10.9 Å². The van der Waals surface area contributed by atoms with Crippen LogP contribution >= 0.6 is 0 Å². The quantitative estimate of drug-likeness (QED) is 0.580. The van der Waals surface area contributed by atoms with Gasteiger partial charge in [-0.05, 0) is 18.7 Å². The Labute approximate surface area is 135 Å². The molecule has 1 N–H and O–H groups in total. The molecule has 0 aliphatic carbocycles. The van der Waals surface area contributed by atoms with Crippen molar-refractivity contribution < 1.29 is 4.79 Å². The molecule has 0 saturated heterocycles. The van der Waals surface area contributed by atoms with Crippen molar-refractivity contribution in [2.75, 3.05) is 20.1 Å². The van der Waals surface area contributed by atoms with Crippen molar-refractivity contribution in [2.45, 2.75) is 0 Å². The summed E-state index contributed by atoms with van der Waals surface area (Å²) in [4.78, 5) is 17.9. The van der Waals surface area contributed by atoms with Crippen molar-refractivity contribution in [1.29, 1.82) is 5.26 Å². The first-order valence-corrected chi connectivity index (χ1v) is 7.45. The Bertz CT molecular complexity index is 875. The van der Waals surface area contributed by atoms with Crippen LogP contribution in [0.3, 0.4) is 0 Å². The van der Waals surface area contributed by atoms with Gasteiger partial charge in [-0.2, -0.15) is 5.26 Å². The van der Waals surface area contributed by atoms with E-state index in [0.29, 0.717) is 5.56 Å². The van der Waals surface area contributed by atoms with Crippen molar-refractivity contribution >= 4 is 16.7 Å². The third-order valence-corrected chi connectivity index (χ3v) is 3.80. The van der Waals surface area contributed by atoms with Crippen molar-refractivity contribution in [3.63, 3.8) is 0 Å². The van der Waals surface area contributed by atoms with Crippen LogP contribution in [0, 0.1) is 11.3 Å². The van der Waals surface area contributed by atoms with E-state index < -0.39 is 0 Å². The van der Waals surface area contributed by atoms with Crippen LogP contribution in [0.4, 0.5) is 0 Å². The molecule has 0 saturated carbocycles. The van der Waals surface area contributed by atoms with Crippen LogP contribution in [0.1, 0.15) is 10.4 Å². The van der Waals surface area contributed by atoms with Gasteiger partial charge in [-0.15, -0.1) is 0 Å². The maximum absolute atomic E-state index is 12.8. The highest BCUT2D eigenvalue weighted by molar-refractivity contribution is 6.14. The first kappa shape index (κ1) is 15.0. The van der Waals surface area contributed by atoms with Gasteiger partial charge in [0.1, 0.15) is 0 Å². The lowest BCUT2D eigenvalue weighted by Gasteiger charge is -2.12. The summed E-state index contributed by atoms with van der Waals surface area (Å²) in [6.45, 7) is 0.448. The molecule has 3 aromatic rings. The normalized spacial score (nSPS) is 10.8. The van der Waals surface area contributed by atoms with E-state index >= 15 is 0 Å². The summed E-state index contributed by atoms with van der Waals surface area (Å²) >= 11 is 0. The molecule has 4 nitrogen and oxygen atoms in total. The minimum Gasteiger partial charge on any atom is -0.354 e. The molecule has 0 radical (unpaired) electrons. The van der Waals surface area contributed by atoms with Gasteiger partial charge >= 0.3 is 0 Å². The zero-order chi connectivity index (χ0) is 16.2. The summed E-state index contributed by atoms with van der Waals surface area (Å²) in [7, 11) is 1.78. The van der Waals surface area contributed by atoms with Gasteiger partial charge in [-0.1, -0.05) is 48.5 Å². The highest BCUT2D eigenvalue weighted by Gasteiger charge is 2.20. The fourth-order valence-corrected chi connectivity index (χ4v) is 2.75. The monoisotopic (exact) mass is 303 g/mol. The highest BCUT2D eigenvalue weighted by atomic mass is 16.1. The van der Waals surface area contributed by atoms with Gasteiger partial charge in [0.05, 0.1) is 30.4 Å². The van der Waals surface area contributed by atoms with E-state index in [4.69, 9.17) is 5.26 Å². The maximum Gasteiger partial charge on any atom is 0.179 e. The van der Waals surface area contributed by atoms with Crippen LogP contribution in [0.15, 0.2) is 54.6 Å². The number of likely N-dealkylation sites (N-methyl/N-ethyl adjacent to an activating group) is 1. The number of benzene rings is 2. The van der Waals surface area contributed by atoms with E-state index in [0.717, 1.165) is 22.2 Å². The van der Waals surface area contributed by atoms with Gasteiger partial charge in [-0.3, -0.25) is 9.69 Å². The number of hydrogen-bond donors (Lipinski definition) is 1. The van der Waals surface area contributed by atoms with Gasteiger partial charge in [0.2, 0.25) is 0 Å². The first-order valence-electron chi connectivity index (χ1n) is 7.45. The summed E-state index contributed by atoms with van der Waals surface area (Å²) in [5.41, 5.74) is 3.45. The lowest BCUT2D eigenvalue weighted by Crippen LogP contribution is -2.26. The predicted octanol–water partition coefficient (Wildman–Crippen LogP) is 3.47. The lowest BCUT2D eigenvalue weighted by molar-refractivity contribution is 0.0955. The second-order valence-electron chi connectivity index (χ2n) is 5.54. The summed E-state index contributed by atoms with van der Waals surface area (Å²) in [6.07, 6.45) is 0. The second kappa shape index (κ2) is 6.47. The second-order valence-corrected chi connectivity index (χ2v) is 5.54. The molecule has 0 amide bonds. The average molecular weight is 303 g/mol. The van der Waals surface area contributed by atoms with E-state index in [1.165, 1.54) is 0 Å². The topological polar surface area (TPSA) is 59.9 Å². The Hall–Kier alpha value is -2.90. The number of hydrogen-bond acceptors (Lipinski definition) is 3. The van der Waals surface area contributed by atoms with Gasteiger partial charge in [0.15, 0.2) is 5.78 Å². The molecule has 114 valence electrons. The number of H-pyrrole nitrogens is 1. The minimum atomic E-state index is 0.0130. The van der Waals surface area contributed by atoms with Gasteiger partial charge in [-0.25, -0.2) is 0 Å². The van der Waals surface area contributed by atoms with Crippen molar-refractivity contribution in [2.24, 2.45) is 0 Å². The fourth-order valence-electron chi connectivity index (χ4n) is 2.75. The van der Waals surface area contributed by atoms with Crippen LogP contribution in [0.25, 0.3) is 22.2 Å². The molecular weight excluding hydrogens is 286 g/mol.